The van der Waals surface area contributed by atoms with Crippen LogP contribution in [-0.4, -0.2) is 4.98 Å². The van der Waals surface area contributed by atoms with E-state index >= 15 is 0 Å². The average Bonchev–Trinajstić information content (AvgIpc) is 2.38. The Bertz CT molecular complexity index is 570. The Hall–Kier alpha value is -1.58. The zero-order chi connectivity index (χ0) is 13.8. The van der Waals surface area contributed by atoms with Crippen LogP contribution in [-0.2, 0) is 6.54 Å². The fourth-order valence-electron chi connectivity index (χ4n) is 1.70. The smallest absolute Gasteiger partial charge is 0.219 e. The van der Waals surface area contributed by atoms with Gasteiger partial charge in [0.2, 0.25) is 5.88 Å². The van der Waals surface area contributed by atoms with Crippen LogP contribution < -0.4 is 10.5 Å². The van der Waals surface area contributed by atoms with Crippen molar-refractivity contribution in [3.05, 3.63) is 52.7 Å². The Balaban J connectivity index is 2.31. The summed E-state index contributed by atoms with van der Waals surface area (Å²) < 4.78 is 5.74. The molecule has 3 nitrogen and oxygen atoms in total. The van der Waals surface area contributed by atoms with Gasteiger partial charge < -0.3 is 10.5 Å². The first-order valence-electron chi connectivity index (χ1n) is 6.23. The number of aromatic nitrogens is 1. The van der Waals surface area contributed by atoms with Gasteiger partial charge in [-0.1, -0.05) is 31.5 Å². The van der Waals surface area contributed by atoms with Crippen molar-refractivity contribution in [2.45, 2.75) is 26.3 Å². The first-order chi connectivity index (χ1) is 9.08. The third-order valence-corrected chi connectivity index (χ3v) is 2.96. The SMILES string of the molecule is CC(C)c1cc(CN)cc(Oc2cccc(Cl)c2)n1. The molecule has 0 saturated carbocycles. The fourth-order valence-corrected chi connectivity index (χ4v) is 1.88. The van der Waals surface area contributed by atoms with E-state index in [0.29, 0.717) is 29.1 Å². The number of benzene rings is 1. The molecule has 0 aliphatic carbocycles. The average molecular weight is 277 g/mol. The minimum absolute atomic E-state index is 0.327. The highest BCUT2D eigenvalue weighted by Crippen LogP contribution is 2.25. The van der Waals surface area contributed by atoms with Crippen LogP contribution in [0.25, 0.3) is 0 Å². The molecule has 1 aromatic carbocycles. The van der Waals surface area contributed by atoms with Crippen LogP contribution in [0.15, 0.2) is 36.4 Å². The standard InChI is InChI=1S/C15H17ClN2O/c1-10(2)14-6-11(9-17)7-15(18-14)19-13-5-3-4-12(16)8-13/h3-8,10H,9,17H2,1-2H3. The lowest BCUT2D eigenvalue weighted by molar-refractivity contribution is 0.458. The maximum Gasteiger partial charge on any atom is 0.219 e. The molecule has 4 heteroatoms. The molecule has 0 radical (unpaired) electrons. The predicted molar refractivity (Wildman–Crippen MR) is 77.7 cm³/mol. The van der Waals surface area contributed by atoms with Crippen molar-refractivity contribution < 1.29 is 4.74 Å². The van der Waals surface area contributed by atoms with Crippen LogP contribution >= 0.6 is 11.6 Å². The predicted octanol–water partition coefficient (Wildman–Crippen LogP) is 4.11. The summed E-state index contributed by atoms with van der Waals surface area (Å²) in [5.74, 6) is 1.55. The molecule has 0 unspecified atom stereocenters. The van der Waals surface area contributed by atoms with E-state index < -0.39 is 0 Å². The van der Waals surface area contributed by atoms with Gasteiger partial charge in [0.05, 0.1) is 0 Å². The zero-order valence-corrected chi connectivity index (χ0v) is 11.8. The minimum Gasteiger partial charge on any atom is -0.439 e. The molecule has 2 N–H and O–H groups in total. The lowest BCUT2D eigenvalue weighted by Gasteiger charge is -2.11. The van der Waals surface area contributed by atoms with Gasteiger partial charge in [0, 0.05) is 23.3 Å². The van der Waals surface area contributed by atoms with Crippen LogP contribution in [0.3, 0.4) is 0 Å². The third kappa shape index (κ3) is 3.69. The van der Waals surface area contributed by atoms with Crippen molar-refractivity contribution in [1.82, 2.24) is 4.98 Å². The van der Waals surface area contributed by atoms with Gasteiger partial charge >= 0.3 is 0 Å². The molecule has 0 aliphatic heterocycles. The summed E-state index contributed by atoms with van der Waals surface area (Å²) in [5, 5.41) is 0.636. The molecule has 0 amide bonds. The van der Waals surface area contributed by atoms with E-state index in [1.807, 2.05) is 24.3 Å². The van der Waals surface area contributed by atoms with Crippen LogP contribution in [0.2, 0.25) is 5.02 Å². The molecule has 1 aromatic heterocycles. The van der Waals surface area contributed by atoms with Crippen LogP contribution in [0.4, 0.5) is 0 Å². The highest BCUT2D eigenvalue weighted by molar-refractivity contribution is 6.30. The maximum atomic E-state index is 5.93. The molecule has 0 spiro atoms. The quantitative estimate of drug-likeness (QED) is 0.914. The Kier molecular flexibility index (Phi) is 4.40. The molecule has 0 aliphatic rings. The number of halogens is 1. The monoisotopic (exact) mass is 276 g/mol. The number of nitrogens with two attached hydrogens (primary N) is 1. The van der Waals surface area contributed by atoms with E-state index in [2.05, 4.69) is 18.8 Å². The molecule has 0 bridgehead atoms. The van der Waals surface area contributed by atoms with Gasteiger partial charge in [-0.3, -0.25) is 0 Å². The van der Waals surface area contributed by atoms with Crippen LogP contribution in [0.5, 0.6) is 11.6 Å². The molecule has 0 atom stereocenters. The van der Waals surface area contributed by atoms with Gasteiger partial charge in [-0.05, 0) is 35.7 Å². The summed E-state index contributed by atoms with van der Waals surface area (Å²) in [6, 6.07) is 11.1. The maximum absolute atomic E-state index is 5.93. The second-order valence-electron chi connectivity index (χ2n) is 4.66. The fraction of sp³-hybridized carbons (Fsp3) is 0.267. The first-order valence-corrected chi connectivity index (χ1v) is 6.60. The molecule has 1 heterocycles. The largest absolute Gasteiger partial charge is 0.439 e. The highest BCUT2D eigenvalue weighted by Gasteiger charge is 2.07. The van der Waals surface area contributed by atoms with E-state index in [4.69, 9.17) is 22.1 Å². The van der Waals surface area contributed by atoms with Crippen molar-refractivity contribution in [3.8, 4) is 11.6 Å². The van der Waals surface area contributed by atoms with Gasteiger partial charge in [-0.15, -0.1) is 0 Å². The number of nitrogens with zero attached hydrogens (tertiary/aromatic N) is 1. The Morgan fingerprint density at radius 1 is 1.26 bits per heavy atom. The van der Waals surface area contributed by atoms with E-state index in [1.54, 1.807) is 12.1 Å². The summed E-state index contributed by atoms with van der Waals surface area (Å²) in [4.78, 5) is 4.48. The van der Waals surface area contributed by atoms with E-state index in [-0.39, 0.29) is 0 Å². The molecule has 2 aromatic rings. The van der Waals surface area contributed by atoms with Crippen molar-refractivity contribution >= 4 is 11.6 Å². The number of ether oxygens (including phenoxy) is 1. The van der Waals surface area contributed by atoms with E-state index in [9.17, 15) is 0 Å². The molecule has 2 rings (SSSR count). The topological polar surface area (TPSA) is 48.1 Å². The van der Waals surface area contributed by atoms with E-state index in [1.165, 1.54) is 0 Å². The summed E-state index contributed by atoms with van der Waals surface area (Å²) in [7, 11) is 0. The molecule has 0 saturated heterocycles. The molecule has 0 fully saturated rings. The van der Waals surface area contributed by atoms with Gasteiger partial charge in [0.15, 0.2) is 0 Å². The van der Waals surface area contributed by atoms with Crippen LogP contribution in [0.1, 0.15) is 31.0 Å². The van der Waals surface area contributed by atoms with Crippen molar-refractivity contribution in [1.29, 1.82) is 0 Å². The molecular formula is C15H17ClN2O. The van der Waals surface area contributed by atoms with Gasteiger partial charge in [-0.25, -0.2) is 4.98 Å². The first kappa shape index (κ1) is 13.8. The normalized spacial score (nSPS) is 10.8. The second-order valence-corrected chi connectivity index (χ2v) is 5.09. The number of rotatable bonds is 4. The van der Waals surface area contributed by atoms with Crippen molar-refractivity contribution in [2.24, 2.45) is 5.73 Å². The number of hydrogen-bond acceptors (Lipinski definition) is 3. The highest BCUT2D eigenvalue weighted by atomic mass is 35.5. The number of hydrogen-bond donors (Lipinski definition) is 1. The van der Waals surface area contributed by atoms with Crippen molar-refractivity contribution in [3.63, 3.8) is 0 Å². The number of pyridine rings is 1. The van der Waals surface area contributed by atoms with Gasteiger partial charge in [0.1, 0.15) is 5.75 Å². The van der Waals surface area contributed by atoms with Gasteiger partial charge in [0.25, 0.3) is 0 Å². The van der Waals surface area contributed by atoms with Crippen LogP contribution in [0, 0.1) is 0 Å². The minimum atomic E-state index is 0.327. The summed E-state index contributed by atoms with van der Waals surface area (Å²) in [5.41, 5.74) is 7.68. The Labute approximate surface area is 118 Å². The third-order valence-electron chi connectivity index (χ3n) is 2.73. The van der Waals surface area contributed by atoms with Crippen molar-refractivity contribution in [2.75, 3.05) is 0 Å². The summed E-state index contributed by atoms with van der Waals surface area (Å²) in [6.45, 7) is 4.64. The zero-order valence-electron chi connectivity index (χ0n) is 11.1. The second kappa shape index (κ2) is 6.04. The lowest BCUT2D eigenvalue weighted by Crippen LogP contribution is -2.02. The molecule has 19 heavy (non-hydrogen) atoms. The lowest BCUT2D eigenvalue weighted by atomic mass is 10.1. The van der Waals surface area contributed by atoms with E-state index in [0.717, 1.165) is 11.3 Å². The Morgan fingerprint density at radius 2 is 2.05 bits per heavy atom. The molecule has 100 valence electrons. The molecular weight excluding hydrogens is 260 g/mol. The summed E-state index contributed by atoms with van der Waals surface area (Å²) >= 11 is 5.93. The Morgan fingerprint density at radius 3 is 2.68 bits per heavy atom. The summed E-state index contributed by atoms with van der Waals surface area (Å²) in [6.07, 6.45) is 0. The van der Waals surface area contributed by atoms with Gasteiger partial charge in [-0.2, -0.15) is 0 Å².